The third-order valence-electron chi connectivity index (χ3n) is 4.53. The molecule has 0 amide bonds. The zero-order chi connectivity index (χ0) is 14.7. The second-order valence-corrected chi connectivity index (χ2v) is 7.02. The Bertz CT molecular complexity index is 435. The Balaban J connectivity index is 1.40. The van der Waals surface area contributed by atoms with E-state index in [1.807, 2.05) is 0 Å². The van der Waals surface area contributed by atoms with Crippen LogP contribution < -0.4 is 10.1 Å². The first kappa shape index (κ1) is 14.9. The molecule has 1 fully saturated rings. The smallest absolute Gasteiger partial charge is 0.123 e. The number of benzene rings is 1. The molecule has 2 atom stereocenters. The summed E-state index contributed by atoms with van der Waals surface area (Å²) in [5, 5.41) is 3.60. The van der Waals surface area contributed by atoms with E-state index in [-0.39, 0.29) is 0 Å². The van der Waals surface area contributed by atoms with Gasteiger partial charge in [0.2, 0.25) is 0 Å². The molecule has 3 heteroatoms. The molecule has 1 aromatic rings. The van der Waals surface area contributed by atoms with Crippen molar-refractivity contribution < 1.29 is 4.74 Å². The van der Waals surface area contributed by atoms with E-state index in [0.717, 1.165) is 37.1 Å². The Morgan fingerprint density at radius 1 is 1.33 bits per heavy atom. The average molecular weight is 288 g/mol. The molecule has 21 heavy (non-hydrogen) atoms. The van der Waals surface area contributed by atoms with Gasteiger partial charge < -0.3 is 10.1 Å². The summed E-state index contributed by atoms with van der Waals surface area (Å²) in [5.41, 5.74) is 1.37. The summed E-state index contributed by atoms with van der Waals surface area (Å²) in [6, 6.07) is 8.46. The normalized spacial score (nSPS) is 25.3. The molecule has 2 unspecified atom stereocenters. The van der Waals surface area contributed by atoms with Crippen LogP contribution in [-0.4, -0.2) is 43.7 Å². The maximum absolute atomic E-state index is 6.06. The predicted octanol–water partition coefficient (Wildman–Crippen LogP) is 2.56. The van der Waals surface area contributed by atoms with E-state index in [1.165, 1.54) is 31.6 Å². The van der Waals surface area contributed by atoms with Gasteiger partial charge in [0.15, 0.2) is 0 Å². The van der Waals surface area contributed by atoms with E-state index in [2.05, 4.69) is 48.3 Å². The fourth-order valence-electron chi connectivity index (χ4n) is 3.47. The minimum absolute atomic E-state index is 0.352. The van der Waals surface area contributed by atoms with Crippen molar-refractivity contribution in [3.63, 3.8) is 0 Å². The molecule has 3 rings (SSSR count). The number of para-hydroxylation sites is 1. The van der Waals surface area contributed by atoms with E-state index in [0.29, 0.717) is 6.10 Å². The van der Waals surface area contributed by atoms with E-state index < -0.39 is 0 Å². The van der Waals surface area contributed by atoms with Crippen molar-refractivity contribution in [2.45, 2.75) is 32.8 Å². The third kappa shape index (κ3) is 3.98. The highest BCUT2D eigenvalue weighted by atomic mass is 16.5. The van der Waals surface area contributed by atoms with Crippen LogP contribution in [0, 0.1) is 11.8 Å². The number of hydrogen-bond acceptors (Lipinski definition) is 3. The van der Waals surface area contributed by atoms with Gasteiger partial charge >= 0.3 is 0 Å². The van der Waals surface area contributed by atoms with Crippen molar-refractivity contribution in [3.8, 4) is 5.75 Å². The summed E-state index contributed by atoms with van der Waals surface area (Å²) in [4.78, 5) is 2.58. The summed E-state index contributed by atoms with van der Waals surface area (Å²) in [6.07, 6.45) is 2.75. The van der Waals surface area contributed by atoms with E-state index in [9.17, 15) is 0 Å². The fraction of sp³-hybridized carbons (Fsp3) is 0.667. The van der Waals surface area contributed by atoms with E-state index in [4.69, 9.17) is 4.74 Å². The maximum Gasteiger partial charge on any atom is 0.123 e. The topological polar surface area (TPSA) is 24.5 Å². The molecule has 0 radical (unpaired) electrons. The van der Waals surface area contributed by atoms with Crippen molar-refractivity contribution in [1.82, 2.24) is 10.2 Å². The molecule has 0 aliphatic carbocycles. The number of nitrogens with one attached hydrogen (secondary N) is 1. The largest absolute Gasteiger partial charge is 0.488 e. The van der Waals surface area contributed by atoms with Crippen molar-refractivity contribution in [1.29, 1.82) is 0 Å². The lowest BCUT2D eigenvalue weighted by Crippen LogP contribution is -2.34. The molecule has 0 spiro atoms. The van der Waals surface area contributed by atoms with Crippen LogP contribution in [0.5, 0.6) is 5.75 Å². The minimum atomic E-state index is 0.352. The van der Waals surface area contributed by atoms with Gasteiger partial charge in [-0.05, 0) is 49.5 Å². The maximum atomic E-state index is 6.06. The third-order valence-corrected chi connectivity index (χ3v) is 4.53. The number of likely N-dealkylation sites (tertiary alicyclic amines) is 1. The quantitative estimate of drug-likeness (QED) is 0.870. The molecule has 0 aromatic heterocycles. The standard InChI is InChI=1S/C18H28N2O/c1-14(2)10-19-11-15-7-8-20(12-15)13-17-9-16-5-3-4-6-18(16)21-17/h3-6,14-15,17,19H,7-13H2,1-2H3. The van der Waals surface area contributed by atoms with Gasteiger partial charge in [0.25, 0.3) is 0 Å². The van der Waals surface area contributed by atoms with Crippen molar-refractivity contribution in [2.75, 3.05) is 32.7 Å². The number of rotatable bonds is 6. The van der Waals surface area contributed by atoms with Gasteiger partial charge in [-0.1, -0.05) is 32.0 Å². The monoisotopic (exact) mass is 288 g/mol. The molecule has 0 saturated carbocycles. The molecular formula is C18H28N2O. The zero-order valence-corrected chi connectivity index (χ0v) is 13.3. The van der Waals surface area contributed by atoms with Gasteiger partial charge in [0.1, 0.15) is 11.9 Å². The molecule has 2 aliphatic rings. The van der Waals surface area contributed by atoms with Gasteiger partial charge in [-0.15, -0.1) is 0 Å². The first-order valence-corrected chi connectivity index (χ1v) is 8.38. The Kier molecular flexibility index (Phi) is 4.81. The van der Waals surface area contributed by atoms with Crippen LogP contribution >= 0.6 is 0 Å². The predicted molar refractivity (Wildman–Crippen MR) is 86.8 cm³/mol. The van der Waals surface area contributed by atoms with Gasteiger partial charge in [-0.2, -0.15) is 0 Å². The van der Waals surface area contributed by atoms with E-state index >= 15 is 0 Å². The summed E-state index contributed by atoms with van der Waals surface area (Å²) in [6.45, 7) is 10.4. The highest BCUT2D eigenvalue weighted by Gasteiger charge is 2.28. The van der Waals surface area contributed by atoms with Crippen LogP contribution in [0.2, 0.25) is 0 Å². The first-order valence-electron chi connectivity index (χ1n) is 8.38. The van der Waals surface area contributed by atoms with Crippen molar-refractivity contribution >= 4 is 0 Å². The van der Waals surface area contributed by atoms with Crippen LogP contribution in [0.4, 0.5) is 0 Å². The Hall–Kier alpha value is -1.06. The molecule has 2 heterocycles. The van der Waals surface area contributed by atoms with Gasteiger partial charge in [0, 0.05) is 19.5 Å². The van der Waals surface area contributed by atoms with Crippen LogP contribution in [0.3, 0.4) is 0 Å². The average Bonchev–Trinajstić information content (AvgIpc) is 3.04. The van der Waals surface area contributed by atoms with Crippen LogP contribution in [0.15, 0.2) is 24.3 Å². The Morgan fingerprint density at radius 2 is 2.19 bits per heavy atom. The van der Waals surface area contributed by atoms with Gasteiger partial charge in [-0.25, -0.2) is 0 Å². The van der Waals surface area contributed by atoms with Crippen LogP contribution in [0.25, 0.3) is 0 Å². The lowest BCUT2D eigenvalue weighted by atomic mass is 10.1. The second-order valence-electron chi connectivity index (χ2n) is 7.02. The summed E-state index contributed by atoms with van der Waals surface area (Å²) in [7, 11) is 0. The van der Waals surface area contributed by atoms with Crippen LogP contribution in [0.1, 0.15) is 25.8 Å². The molecule has 0 bridgehead atoms. The number of nitrogens with zero attached hydrogens (tertiary/aromatic N) is 1. The number of fused-ring (bicyclic) bond motifs is 1. The van der Waals surface area contributed by atoms with E-state index in [1.54, 1.807) is 0 Å². The molecule has 3 nitrogen and oxygen atoms in total. The van der Waals surface area contributed by atoms with Gasteiger partial charge in [-0.3, -0.25) is 4.90 Å². The lowest BCUT2D eigenvalue weighted by Gasteiger charge is -2.20. The molecule has 1 N–H and O–H groups in total. The Labute approximate surface area is 128 Å². The van der Waals surface area contributed by atoms with Crippen LogP contribution in [-0.2, 0) is 6.42 Å². The first-order chi connectivity index (χ1) is 10.2. The molecule has 116 valence electrons. The number of hydrogen-bond donors (Lipinski definition) is 1. The lowest BCUT2D eigenvalue weighted by molar-refractivity contribution is 0.165. The molecular weight excluding hydrogens is 260 g/mol. The SMILES string of the molecule is CC(C)CNCC1CCN(CC2Cc3ccccc3O2)C1. The van der Waals surface area contributed by atoms with Crippen molar-refractivity contribution in [2.24, 2.45) is 11.8 Å². The highest BCUT2D eigenvalue weighted by molar-refractivity contribution is 5.37. The van der Waals surface area contributed by atoms with Gasteiger partial charge in [0.05, 0.1) is 0 Å². The molecule has 1 saturated heterocycles. The zero-order valence-electron chi connectivity index (χ0n) is 13.3. The van der Waals surface area contributed by atoms with Crippen molar-refractivity contribution in [3.05, 3.63) is 29.8 Å². The molecule has 2 aliphatic heterocycles. The summed E-state index contributed by atoms with van der Waals surface area (Å²) in [5.74, 6) is 2.65. The second kappa shape index (κ2) is 6.80. The Morgan fingerprint density at radius 3 is 3.00 bits per heavy atom. The summed E-state index contributed by atoms with van der Waals surface area (Å²) >= 11 is 0. The minimum Gasteiger partial charge on any atom is -0.488 e. The number of ether oxygens (including phenoxy) is 1. The molecule has 1 aromatic carbocycles. The highest BCUT2D eigenvalue weighted by Crippen LogP contribution is 2.29. The fourth-order valence-corrected chi connectivity index (χ4v) is 3.47. The summed E-state index contributed by atoms with van der Waals surface area (Å²) < 4.78 is 6.06.